The van der Waals surface area contributed by atoms with Gasteiger partial charge < -0.3 is 18.6 Å². The Kier molecular flexibility index (Phi) is 11.0. The summed E-state index contributed by atoms with van der Waals surface area (Å²) < 4.78 is 7.73. The first-order valence-electron chi connectivity index (χ1n) is 30.4. The molecule has 0 fully saturated rings. The molecule has 0 amide bonds. The molecule has 84 heavy (non-hydrogen) atoms. The maximum absolute atomic E-state index is 2.68. The van der Waals surface area contributed by atoms with Gasteiger partial charge in [-0.05, 0) is 175 Å². The molecule has 0 radical (unpaired) electrons. The van der Waals surface area contributed by atoms with Gasteiger partial charge in [0.1, 0.15) is 0 Å². The van der Waals surface area contributed by atoms with Gasteiger partial charge in [-0.3, -0.25) is 0 Å². The molecule has 4 nitrogen and oxygen atoms in total. The normalized spacial score (nSPS) is 14.1. The average Bonchev–Trinajstić information content (AvgIpc) is 1.31. The number of rotatable bonds is 5. The first-order chi connectivity index (χ1) is 39.9. The minimum Gasteiger partial charge on any atom is -0.310 e. The number of benzene rings is 10. The van der Waals surface area contributed by atoms with Gasteiger partial charge in [0.25, 0.3) is 0 Å². The molecule has 5 heteroatoms. The summed E-state index contributed by atoms with van der Waals surface area (Å²) in [5.41, 5.74) is 26.4. The lowest BCUT2D eigenvalue weighted by Crippen LogP contribution is -2.63. The Bertz CT molecular complexity index is 4860. The van der Waals surface area contributed by atoms with Crippen molar-refractivity contribution in [1.82, 2.24) is 13.7 Å². The van der Waals surface area contributed by atoms with Crippen molar-refractivity contribution in [2.45, 2.75) is 124 Å². The lowest BCUT2D eigenvalue weighted by Gasteiger charge is -2.43. The summed E-state index contributed by atoms with van der Waals surface area (Å²) >= 11 is 0. The average molecular weight is 1090 g/mol. The number of hydrogen-bond acceptors (Lipinski definition) is 1. The zero-order valence-corrected chi connectivity index (χ0v) is 51.4. The summed E-state index contributed by atoms with van der Waals surface area (Å²) in [4.78, 5) is 2.36. The van der Waals surface area contributed by atoms with Gasteiger partial charge in [0.05, 0.1) is 27.6 Å². The molecule has 0 unspecified atom stereocenters. The molecule has 2 aliphatic heterocycles. The van der Waals surface area contributed by atoms with E-state index in [0.29, 0.717) is 0 Å². The Morgan fingerprint density at radius 1 is 0.333 bits per heavy atom. The highest BCUT2D eigenvalue weighted by Crippen LogP contribution is 2.47. The summed E-state index contributed by atoms with van der Waals surface area (Å²) in [6.45, 7) is 33.4. The first-order valence-corrected chi connectivity index (χ1v) is 30.4. The predicted molar refractivity (Wildman–Crippen MR) is 362 cm³/mol. The lowest BCUT2D eigenvalue weighted by molar-refractivity contribution is 0.582. The van der Waals surface area contributed by atoms with Crippen molar-refractivity contribution >= 4 is 106 Å². The second-order valence-electron chi connectivity index (χ2n) is 29.1. The van der Waals surface area contributed by atoms with Gasteiger partial charge in [-0.1, -0.05) is 193 Å². The Labute approximate surface area is 496 Å². The van der Waals surface area contributed by atoms with E-state index in [2.05, 4.69) is 316 Å². The van der Waals surface area contributed by atoms with E-state index in [1.54, 1.807) is 0 Å². The van der Waals surface area contributed by atoms with E-state index in [1.807, 2.05) is 0 Å². The van der Waals surface area contributed by atoms with Crippen LogP contribution in [0.2, 0.25) is 0 Å². The smallest absolute Gasteiger partial charge is 0.247 e. The number of hydrogen-bond donors (Lipinski definition) is 0. The van der Waals surface area contributed by atoms with E-state index in [9.17, 15) is 0 Å². The first kappa shape index (κ1) is 52.3. The molecular formula is C79H75BN4. The Morgan fingerprint density at radius 2 is 0.821 bits per heavy atom. The molecule has 414 valence electrons. The zero-order valence-electron chi connectivity index (χ0n) is 51.4. The van der Waals surface area contributed by atoms with Gasteiger partial charge in [-0.15, -0.1) is 0 Å². The van der Waals surface area contributed by atoms with Crippen LogP contribution in [-0.2, 0) is 27.1 Å². The highest BCUT2D eigenvalue weighted by atomic mass is 15.1. The van der Waals surface area contributed by atoms with Crippen LogP contribution in [0.1, 0.15) is 130 Å². The van der Waals surface area contributed by atoms with Crippen LogP contribution >= 0.6 is 0 Å². The lowest BCUT2D eigenvalue weighted by atomic mass is 9.30. The fraction of sp³-hybridized carbons (Fsp3) is 0.241. The maximum Gasteiger partial charge on any atom is 0.247 e. The third-order valence-electron chi connectivity index (χ3n) is 19.2. The van der Waals surface area contributed by atoms with E-state index in [0.717, 1.165) is 28.4 Å². The van der Waals surface area contributed by atoms with Crippen LogP contribution in [0.25, 0.3) is 82.5 Å². The van der Waals surface area contributed by atoms with Crippen LogP contribution in [-0.4, -0.2) is 20.4 Å². The Morgan fingerprint density at radius 3 is 1.43 bits per heavy atom. The van der Waals surface area contributed by atoms with Crippen LogP contribution in [0.15, 0.2) is 200 Å². The van der Waals surface area contributed by atoms with Crippen molar-refractivity contribution in [1.29, 1.82) is 0 Å². The summed E-state index contributed by atoms with van der Waals surface area (Å²) in [5, 5.41) is 7.72. The minimum absolute atomic E-state index is 0.00913. The highest BCUT2D eigenvalue weighted by Gasteiger charge is 2.47. The van der Waals surface area contributed by atoms with Crippen molar-refractivity contribution < 1.29 is 0 Å². The second-order valence-corrected chi connectivity index (χ2v) is 29.1. The second kappa shape index (κ2) is 17.8. The molecule has 0 aliphatic carbocycles. The summed E-state index contributed by atoms with van der Waals surface area (Å²) in [6.07, 6.45) is 0. The van der Waals surface area contributed by atoms with Crippen molar-refractivity contribution in [3.05, 3.63) is 234 Å². The SMILES string of the molecule is CC(C)(C)c1cc2c3c(c1)C(C)(C)c1cc4c(cc1B3c1cc(C(C)(C)C)cc3c5cc(C(C)(C)C)ccc5n-2c13)c1cc(C(C)(C)C)ccc1n4-c1cccc(-n2c3ccccc3c3cc(N(c4ccccc4)c4ccccc4)ccc32)c1. The summed E-state index contributed by atoms with van der Waals surface area (Å²) in [6, 6.07) is 76.9. The van der Waals surface area contributed by atoms with Gasteiger partial charge in [0, 0.05) is 77.4 Å². The quantitative estimate of drug-likeness (QED) is 0.157. The number of nitrogens with zero attached hydrogens (tertiary/aromatic N) is 4. The van der Waals surface area contributed by atoms with Crippen molar-refractivity contribution in [2.24, 2.45) is 0 Å². The molecular weight excluding hydrogens is 1020 g/mol. The van der Waals surface area contributed by atoms with Gasteiger partial charge >= 0.3 is 0 Å². The third kappa shape index (κ3) is 7.73. The molecule has 0 bridgehead atoms. The molecule has 13 aromatic rings. The van der Waals surface area contributed by atoms with E-state index in [-0.39, 0.29) is 33.8 Å². The van der Waals surface area contributed by atoms with Gasteiger partial charge in [-0.25, -0.2) is 0 Å². The third-order valence-corrected chi connectivity index (χ3v) is 19.2. The molecule has 0 saturated carbocycles. The fourth-order valence-electron chi connectivity index (χ4n) is 14.6. The highest BCUT2D eigenvalue weighted by molar-refractivity contribution is 6.99. The number of anilines is 3. The Hall–Kier alpha value is -8.54. The summed E-state index contributed by atoms with van der Waals surface area (Å²) in [5.74, 6) is 0. The molecule has 3 aromatic heterocycles. The molecule has 0 saturated heterocycles. The van der Waals surface area contributed by atoms with Crippen LogP contribution in [0.5, 0.6) is 0 Å². The minimum atomic E-state index is -0.343. The van der Waals surface area contributed by atoms with Gasteiger partial charge in [0.15, 0.2) is 0 Å². The maximum atomic E-state index is 2.68. The van der Waals surface area contributed by atoms with Crippen LogP contribution < -0.4 is 21.3 Å². The summed E-state index contributed by atoms with van der Waals surface area (Å²) in [7, 11) is 0. The number of aromatic nitrogens is 3. The number of fused-ring (bicyclic) bond motifs is 13. The van der Waals surface area contributed by atoms with Crippen molar-refractivity contribution in [3.8, 4) is 17.1 Å². The monoisotopic (exact) mass is 1090 g/mol. The molecule has 0 atom stereocenters. The van der Waals surface area contributed by atoms with Gasteiger partial charge in [0.2, 0.25) is 6.71 Å². The molecule has 15 rings (SSSR count). The molecule has 0 N–H and O–H groups in total. The van der Waals surface area contributed by atoms with Crippen molar-refractivity contribution in [2.75, 3.05) is 4.90 Å². The molecule has 5 heterocycles. The molecule has 2 aliphatic rings. The predicted octanol–water partition coefficient (Wildman–Crippen LogP) is 19.1. The number of para-hydroxylation sites is 3. The van der Waals surface area contributed by atoms with Crippen LogP contribution in [0.3, 0.4) is 0 Å². The van der Waals surface area contributed by atoms with E-state index in [1.165, 1.54) is 121 Å². The van der Waals surface area contributed by atoms with E-state index >= 15 is 0 Å². The van der Waals surface area contributed by atoms with Crippen LogP contribution in [0, 0.1) is 0 Å². The standard InChI is InChI=1S/C79H75BN4/c1-75(2,3)48-32-35-68-58(38-48)61-46-65-63(79(13,14)64-41-51(78(10,11)12)43-72-73(64)80(65)66-42-50(77(7,8)9)40-62-59-39-49(76(4,5)6)33-36-70(59)84(72)74(62)66)47-71(61)83(68)55-29-23-28-54(44-55)82-67-31-22-21-30-57(67)60-45-56(34-37-69(60)82)81(52-24-17-15-18-25-52)53-26-19-16-20-27-53/h15-47H,1-14H3. The van der Waals surface area contributed by atoms with E-state index < -0.39 is 0 Å². The van der Waals surface area contributed by atoms with Crippen LogP contribution in [0.4, 0.5) is 17.1 Å². The van der Waals surface area contributed by atoms with Crippen molar-refractivity contribution in [3.63, 3.8) is 0 Å². The zero-order chi connectivity index (χ0) is 58.3. The molecule has 0 spiro atoms. The topological polar surface area (TPSA) is 18.0 Å². The Balaban J connectivity index is 0.989. The van der Waals surface area contributed by atoms with Gasteiger partial charge in [-0.2, -0.15) is 0 Å². The largest absolute Gasteiger partial charge is 0.310 e. The van der Waals surface area contributed by atoms with E-state index in [4.69, 9.17) is 0 Å². The molecule has 10 aromatic carbocycles. The fourth-order valence-corrected chi connectivity index (χ4v) is 14.6.